The summed E-state index contributed by atoms with van der Waals surface area (Å²) in [6, 6.07) is 12.9. The molecule has 1 heterocycles. The van der Waals surface area contributed by atoms with Crippen LogP contribution in [0.5, 0.6) is 0 Å². The van der Waals surface area contributed by atoms with E-state index in [4.69, 9.17) is 0 Å². The van der Waals surface area contributed by atoms with Crippen LogP contribution in [0.4, 0.5) is 0 Å². The first-order valence-electron chi connectivity index (χ1n) is 5.19. The fourth-order valence-electron chi connectivity index (χ4n) is 1.87. The maximum atomic E-state index is 3.59. The molecule has 1 aromatic carbocycles. The highest BCUT2D eigenvalue weighted by molar-refractivity contribution is 9.11. The summed E-state index contributed by atoms with van der Waals surface area (Å²) in [5.41, 5.74) is 2.77. The van der Waals surface area contributed by atoms with Gasteiger partial charge in [0.2, 0.25) is 0 Å². The summed E-state index contributed by atoms with van der Waals surface area (Å²) in [6.07, 6.45) is 2.74. The molecule has 1 aliphatic rings. The third kappa shape index (κ3) is 1.88. The molecule has 0 N–H and O–H groups in total. The summed E-state index contributed by atoms with van der Waals surface area (Å²) in [7, 11) is 0. The number of benzene rings is 1. The van der Waals surface area contributed by atoms with Gasteiger partial charge in [0.05, 0.1) is 3.79 Å². The maximum absolute atomic E-state index is 3.59. The molecule has 0 atom stereocenters. The van der Waals surface area contributed by atoms with Gasteiger partial charge in [0.15, 0.2) is 0 Å². The summed E-state index contributed by atoms with van der Waals surface area (Å²) < 4.78 is 1.25. The van der Waals surface area contributed by atoms with E-state index in [-0.39, 0.29) is 0 Å². The molecule has 1 aliphatic carbocycles. The van der Waals surface area contributed by atoms with Gasteiger partial charge in [-0.15, -0.1) is 11.3 Å². The van der Waals surface area contributed by atoms with Gasteiger partial charge in [-0.2, -0.15) is 0 Å². The Morgan fingerprint density at radius 1 is 1.13 bits per heavy atom. The zero-order valence-electron chi connectivity index (χ0n) is 8.24. The molecular formula is C13H11BrS. The highest BCUT2D eigenvalue weighted by Crippen LogP contribution is 2.49. The van der Waals surface area contributed by atoms with E-state index in [9.17, 15) is 0 Å². The molecule has 0 unspecified atom stereocenters. The van der Waals surface area contributed by atoms with Crippen molar-refractivity contribution in [3.8, 4) is 11.1 Å². The SMILES string of the molecule is Brc1cc(-c2ccccc2)c(C2CC2)s1. The third-order valence-corrected chi connectivity index (χ3v) is 4.56. The van der Waals surface area contributed by atoms with Crippen molar-refractivity contribution >= 4 is 27.3 Å². The van der Waals surface area contributed by atoms with Crippen LogP contribution in [0.25, 0.3) is 11.1 Å². The molecule has 0 spiro atoms. The Kier molecular flexibility index (Phi) is 2.41. The zero-order valence-corrected chi connectivity index (χ0v) is 10.6. The predicted octanol–water partition coefficient (Wildman–Crippen LogP) is 5.06. The van der Waals surface area contributed by atoms with Crippen molar-refractivity contribution in [3.63, 3.8) is 0 Å². The summed E-state index contributed by atoms with van der Waals surface area (Å²) in [4.78, 5) is 1.56. The van der Waals surface area contributed by atoms with Crippen LogP contribution in [0, 0.1) is 0 Å². The summed E-state index contributed by atoms with van der Waals surface area (Å²) in [5, 5.41) is 0. The molecular weight excluding hydrogens is 268 g/mol. The Morgan fingerprint density at radius 2 is 1.87 bits per heavy atom. The van der Waals surface area contributed by atoms with Gasteiger partial charge < -0.3 is 0 Å². The lowest BCUT2D eigenvalue weighted by atomic mass is 10.1. The second kappa shape index (κ2) is 3.76. The highest BCUT2D eigenvalue weighted by atomic mass is 79.9. The fraction of sp³-hybridized carbons (Fsp3) is 0.231. The molecule has 76 valence electrons. The summed E-state index contributed by atoms with van der Waals surface area (Å²) in [6.45, 7) is 0. The minimum atomic E-state index is 0.830. The van der Waals surface area contributed by atoms with Crippen molar-refractivity contribution in [2.45, 2.75) is 18.8 Å². The Morgan fingerprint density at radius 3 is 2.53 bits per heavy atom. The van der Waals surface area contributed by atoms with Crippen LogP contribution in [0.1, 0.15) is 23.6 Å². The van der Waals surface area contributed by atoms with Gasteiger partial charge in [0.1, 0.15) is 0 Å². The molecule has 1 fully saturated rings. The predicted molar refractivity (Wildman–Crippen MR) is 69.4 cm³/mol. The maximum Gasteiger partial charge on any atom is 0.0707 e. The molecule has 0 aliphatic heterocycles. The van der Waals surface area contributed by atoms with Crippen LogP contribution in [-0.2, 0) is 0 Å². The monoisotopic (exact) mass is 278 g/mol. The molecule has 0 saturated heterocycles. The van der Waals surface area contributed by atoms with E-state index in [2.05, 4.69) is 52.3 Å². The molecule has 2 aromatic rings. The molecule has 0 amide bonds. The van der Waals surface area contributed by atoms with E-state index in [1.807, 2.05) is 11.3 Å². The lowest BCUT2D eigenvalue weighted by Gasteiger charge is -2.01. The van der Waals surface area contributed by atoms with Crippen molar-refractivity contribution in [1.82, 2.24) is 0 Å². The van der Waals surface area contributed by atoms with Gasteiger partial charge in [-0.25, -0.2) is 0 Å². The summed E-state index contributed by atoms with van der Waals surface area (Å²) >= 11 is 5.49. The lowest BCUT2D eigenvalue weighted by Crippen LogP contribution is -1.78. The number of halogens is 1. The molecule has 3 rings (SSSR count). The molecule has 15 heavy (non-hydrogen) atoms. The molecule has 0 bridgehead atoms. The van der Waals surface area contributed by atoms with E-state index >= 15 is 0 Å². The Bertz CT molecular complexity index is 469. The minimum Gasteiger partial charge on any atom is -0.132 e. The van der Waals surface area contributed by atoms with E-state index < -0.39 is 0 Å². The number of hydrogen-bond donors (Lipinski definition) is 0. The first kappa shape index (κ1) is 9.61. The normalized spacial score (nSPS) is 15.5. The zero-order chi connectivity index (χ0) is 10.3. The number of rotatable bonds is 2. The number of thiophene rings is 1. The van der Waals surface area contributed by atoms with Crippen LogP contribution in [-0.4, -0.2) is 0 Å². The summed E-state index contributed by atoms with van der Waals surface area (Å²) in [5.74, 6) is 0.830. The quantitative estimate of drug-likeness (QED) is 0.721. The average Bonchev–Trinajstić information content (AvgIpc) is 3.03. The van der Waals surface area contributed by atoms with E-state index in [0.717, 1.165) is 5.92 Å². The number of hydrogen-bond acceptors (Lipinski definition) is 1. The van der Waals surface area contributed by atoms with Gasteiger partial charge in [0.25, 0.3) is 0 Å². The molecule has 0 nitrogen and oxygen atoms in total. The molecule has 1 saturated carbocycles. The van der Waals surface area contributed by atoms with E-state index in [1.165, 1.54) is 27.8 Å². The topological polar surface area (TPSA) is 0 Å². The molecule has 1 aromatic heterocycles. The molecule has 2 heteroatoms. The van der Waals surface area contributed by atoms with Crippen LogP contribution >= 0.6 is 27.3 Å². The second-order valence-corrected chi connectivity index (χ2v) is 6.43. The van der Waals surface area contributed by atoms with Gasteiger partial charge in [-0.05, 0) is 51.9 Å². The van der Waals surface area contributed by atoms with E-state index in [0.29, 0.717) is 0 Å². The van der Waals surface area contributed by atoms with E-state index in [1.54, 1.807) is 4.88 Å². The third-order valence-electron chi connectivity index (χ3n) is 2.76. The first-order valence-corrected chi connectivity index (χ1v) is 6.80. The van der Waals surface area contributed by atoms with Gasteiger partial charge in [-0.1, -0.05) is 30.3 Å². The lowest BCUT2D eigenvalue weighted by molar-refractivity contribution is 1.18. The average molecular weight is 279 g/mol. The smallest absolute Gasteiger partial charge is 0.0707 e. The Balaban J connectivity index is 2.10. The van der Waals surface area contributed by atoms with Crippen LogP contribution in [0.3, 0.4) is 0 Å². The van der Waals surface area contributed by atoms with Gasteiger partial charge >= 0.3 is 0 Å². The van der Waals surface area contributed by atoms with Crippen LogP contribution in [0.15, 0.2) is 40.2 Å². The second-order valence-electron chi connectivity index (χ2n) is 3.97. The van der Waals surface area contributed by atoms with Crippen LogP contribution < -0.4 is 0 Å². The largest absolute Gasteiger partial charge is 0.132 e. The molecule has 0 radical (unpaired) electrons. The highest BCUT2D eigenvalue weighted by Gasteiger charge is 2.28. The standard InChI is InChI=1S/C13H11BrS/c14-12-8-11(9-4-2-1-3-5-9)13(15-12)10-6-7-10/h1-5,8,10H,6-7H2. The van der Waals surface area contributed by atoms with Crippen molar-refractivity contribution < 1.29 is 0 Å². The fourth-order valence-corrected chi connectivity index (χ4v) is 3.69. The van der Waals surface area contributed by atoms with Crippen molar-refractivity contribution in [2.24, 2.45) is 0 Å². The van der Waals surface area contributed by atoms with Crippen molar-refractivity contribution in [1.29, 1.82) is 0 Å². The minimum absolute atomic E-state index is 0.830. The van der Waals surface area contributed by atoms with Gasteiger partial charge in [-0.3, -0.25) is 0 Å². The van der Waals surface area contributed by atoms with Crippen molar-refractivity contribution in [2.75, 3.05) is 0 Å². The Labute approximate surface area is 102 Å². The van der Waals surface area contributed by atoms with Crippen LogP contribution in [0.2, 0.25) is 0 Å². The van der Waals surface area contributed by atoms with Crippen molar-refractivity contribution in [3.05, 3.63) is 45.1 Å². The Hall–Kier alpha value is -0.600. The van der Waals surface area contributed by atoms with Gasteiger partial charge in [0, 0.05) is 4.88 Å². The first-order chi connectivity index (χ1) is 7.34.